The normalized spacial score (nSPS) is 18.9. The molecule has 1 saturated heterocycles. The molecule has 1 aliphatic heterocycles. The third-order valence-corrected chi connectivity index (χ3v) is 7.35. The van der Waals surface area contributed by atoms with Gasteiger partial charge < -0.3 is 5.32 Å². The zero-order chi connectivity index (χ0) is 22.2. The van der Waals surface area contributed by atoms with Crippen LogP contribution in [0.15, 0.2) is 58.8 Å². The van der Waals surface area contributed by atoms with E-state index in [0.29, 0.717) is 29.7 Å². The number of hydrogen-bond acceptors (Lipinski definition) is 4. The van der Waals surface area contributed by atoms with Gasteiger partial charge in [0, 0.05) is 35.6 Å². The first-order chi connectivity index (χ1) is 15.5. The van der Waals surface area contributed by atoms with Crippen LogP contribution in [0.4, 0.5) is 0 Å². The van der Waals surface area contributed by atoms with Gasteiger partial charge in [0.15, 0.2) is 0 Å². The minimum Gasteiger partial charge on any atom is -0.352 e. The van der Waals surface area contributed by atoms with Crippen molar-refractivity contribution >= 4 is 28.4 Å². The van der Waals surface area contributed by atoms with Gasteiger partial charge in [0.1, 0.15) is 5.52 Å². The van der Waals surface area contributed by atoms with Gasteiger partial charge in [0.2, 0.25) is 0 Å². The van der Waals surface area contributed by atoms with E-state index in [9.17, 15) is 9.59 Å². The van der Waals surface area contributed by atoms with Crippen molar-refractivity contribution in [3.05, 3.63) is 75.0 Å². The fourth-order valence-corrected chi connectivity index (χ4v) is 5.61. The molecular weight excluding hydrogens is 422 g/mol. The fraction of sp³-hybridized carbons (Fsp3) is 0.292. The van der Waals surface area contributed by atoms with E-state index in [4.69, 9.17) is 0 Å². The van der Waals surface area contributed by atoms with Crippen LogP contribution < -0.4 is 16.0 Å². The van der Waals surface area contributed by atoms with E-state index in [-0.39, 0.29) is 11.6 Å². The van der Waals surface area contributed by atoms with E-state index in [0.717, 1.165) is 29.6 Å². The molecule has 0 radical (unpaired) electrons. The number of pyridine rings is 1. The van der Waals surface area contributed by atoms with Crippen LogP contribution in [-0.4, -0.2) is 40.5 Å². The Balaban J connectivity index is 1.33. The molecule has 3 aromatic heterocycles. The molecule has 4 heterocycles. The van der Waals surface area contributed by atoms with Crippen LogP contribution in [0.25, 0.3) is 22.3 Å². The summed E-state index contributed by atoms with van der Waals surface area (Å²) in [7, 11) is 3.89. The number of amides is 1. The molecule has 164 valence electrons. The first-order valence-corrected chi connectivity index (χ1v) is 11.6. The van der Waals surface area contributed by atoms with E-state index >= 15 is 0 Å². The van der Waals surface area contributed by atoms with Gasteiger partial charge in [-0.05, 0) is 61.1 Å². The molecule has 1 fully saturated rings. The van der Waals surface area contributed by atoms with Crippen molar-refractivity contribution in [3.8, 4) is 11.1 Å². The molecule has 1 aromatic carbocycles. The number of carbonyl (C=O) groups is 1. The predicted octanol–water partition coefficient (Wildman–Crippen LogP) is 2.83. The summed E-state index contributed by atoms with van der Waals surface area (Å²) in [5.74, 6) is 0.336. The van der Waals surface area contributed by atoms with Gasteiger partial charge in [-0.15, -0.1) is 11.3 Å². The molecule has 0 unspecified atom stereocenters. The maximum absolute atomic E-state index is 12.9. The second kappa shape index (κ2) is 8.37. The number of imidazole rings is 1. The van der Waals surface area contributed by atoms with Crippen molar-refractivity contribution in [2.45, 2.75) is 12.5 Å². The number of benzene rings is 1. The maximum Gasteiger partial charge on any atom is 0.413 e. The smallest absolute Gasteiger partial charge is 0.352 e. The lowest BCUT2D eigenvalue weighted by Gasteiger charge is -2.24. The standard InChI is InChI=1S/C24H25N5O2S/c1-28-9-8-17(21(28)20-7-4-10-32-20)13-26-23(30)16-6-3-5-15(11-16)18-12-19-22(25-14-18)27-24(31)29(19)2/h3-7,10-12,14,17,21H,8-9,13H2,1-2H3,(H,26,30)(H,25,27,31)/p+1/t17-,21+/m1/s1. The van der Waals surface area contributed by atoms with Crippen molar-refractivity contribution in [1.29, 1.82) is 0 Å². The van der Waals surface area contributed by atoms with Crippen molar-refractivity contribution < 1.29 is 9.78 Å². The van der Waals surface area contributed by atoms with Crippen molar-refractivity contribution in [2.24, 2.45) is 13.0 Å². The third-order valence-electron chi connectivity index (χ3n) is 6.41. The molecule has 1 aliphatic rings. The number of thiophene rings is 1. The molecule has 0 bridgehead atoms. The number of H-pyrrole nitrogens is 2. The highest BCUT2D eigenvalue weighted by Gasteiger charge is 2.33. The van der Waals surface area contributed by atoms with Crippen molar-refractivity contribution in [3.63, 3.8) is 0 Å². The molecule has 1 amide bonds. The summed E-state index contributed by atoms with van der Waals surface area (Å²) in [5, 5.41) is 5.27. The molecular formula is C24H26N5O2S+. The van der Waals surface area contributed by atoms with Gasteiger partial charge in [0.05, 0.1) is 6.20 Å². The Kier molecular flexibility index (Phi) is 5.40. The average Bonchev–Trinajstić information content (AvgIpc) is 3.52. The molecule has 0 aliphatic carbocycles. The number of likely N-dealkylation sites (tertiary alicyclic amines) is 1. The topological polar surface area (TPSA) is 84.3 Å². The van der Waals surface area contributed by atoms with Crippen molar-refractivity contribution in [1.82, 2.24) is 19.8 Å². The van der Waals surface area contributed by atoms with E-state index in [2.05, 4.69) is 44.7 Å². The minimum absolute atomic E-state index is 0.0644. The van der Waals surface area contributed by atoms with Crippen LogP contribution in [0.2, 0.25) is 0 Å². The molecule has 0 spiro atoms. The third kappa shape index (κ3) is 3.76. The SMILES string of the molecule is CN1CC[C@H](CNC(=O)c2cccc(-c3c[nH+]c4[nH]c(=O)n(C)c4c3)c2)[C@H]1c1cccs1. The Morgan fingerprint density at radius 1 is 1.22 bits per heavy atom. The first-order valence-electron chi connectivity index (χ1n) is 10.7. The van der Waals surface area contributed by atoms with Gasteiger partial charge in [-0.2, -0.15) is 4.98 Å². The van der Waals surface area contributed by atoms with Crippen molar-refractivity contribution in [2.75, 3.05) is 20.1 Å². The summed E-state index contributed by atoms with van der Waals surface area (Å²) in [6.45, 7) is 1.69. The number of hydrogen-bond donors (Lipinski definition) is 2. The van der Waals surface area contributed by atoms with Gasteiger partial charge in [-0.3, -0.25) is 14.3 Å². The molecule has 2 atom stereocenters. The summed E-state index contributed by atoms with van der Waals surface area (Å²) < 4.78 is 1.56. The lowest BCUT2D eigenvalue weighted by Crippen LogP contribution is -2.32. The summed E-state index contributed by atoms with van der Waals surface area (Å²) in [6.07, 6.45) is 2.92. The van der Waals surface area contributed by atoms with E-state index in [1.54, 1.807) is 23.0 Å². The number of aromatic nitrogens is 3. The first kappa shape index (κ1) is 20.7. The number of nitrogens with zero attached hydrogens (tertiary/aromatic N) is 2. The van der Waals surface area contributed by atoms with Crippen LogP contribution >= 0.6 is 11.3 Å². The van der Waals surface area contributed by atoms with Gasteiger partial charge in [-0.1, -0.05) is 18.2 Å². The lowest BCUT2D eigenvalue weighted by atomic mass is 9.98. The number of nitrogens with one attached hydrogen (secondary N) is 3. The Bertz CT molecular complexity index is 1320. The number of aromatic amines is 2. The lowest BCUT2D eigenvalue weighted by molar-refractivity contribution is -0.346. The zero-order valence-corrected chi connectivity index (χ0v) is 18.9. The molecule has 8 heteroatoms. The second-order valence-corrected chi connectivity index (χ2v) is 9.40. The highest BCUT2D eigenvalue weighted by atomic mass is 32.1. The molecule has 3 N–H and O–H groups in total. The average molecular weight is 449 g/mol. The van der Waals surface area contributed by atoms with Gasteiger partial charge in [-0.25, -0.2) is 9.78 Å². The highest BCUT2D eigenvalue weighted by molar-refractivity contribution is 7.10. The van der Waals surface area contributed by atoms with Crippen LogP contribution in [-0.2, 0) is 7.05 Å². The Morgan fingerprint density at radius 3 is 2.91 bits per heavy atom. The number of aryl methyl sites for hydroxylation is 1. The van der Waals surface area contributed by atoms with Gasteiger partial charge in [0.25, 0.3) is 5.91 Å². The van der Waals surface area contributed by atoms with Crippen LogP contribution in [0.1, 0.15) is 27.7 Å². The largest absolute Gasteiger partial charge is 0.413 e. The van der Waals surface area contributed by atoms with Crippen LogP contribution in [0.3, 0.4) is 0 Å². The summed E-state index contributed by atoms with van der Waals surface area (Å²) in [4.78, 5) is 34.5. The molecule has 5 rings (SSSR count). The monoisotopic (exact) mass is 448 g/mol. The molecule has 4 aromatic rings. The molecule has 0 saturated carbocycles. The molecule has 32 heavy (non-hydrogen) atoms. The minimum atomic E-state index is -0.167. The Hall–Kier alpha value is -3.23. The van der Waals surface area contributed by atoms with Crippen LogP contribution in [0, 0.1) is 5.92 Å². The fourth-order valence-electron chi connectivity index (χ4n) is 4.63. The van der Waals surface area contributed by atoms with E-state index < -0.39 is 0 Å². The number of carbonyl (C=O) groups excluding carboxylic acids is 1. The predicted molar refractivity (Wildman–Crippen MR) is 126 cm³/mol. The summed E-state index contributed by atoms with van der Waals surface area (Å²) >= 11 is 1.78. The molecule has 7 nitrogen and oxygen atoms in total. The summed E-state index contributed by atoms with van der Waals surface area (Å²) in [6, 6.07) is 14.2. The highest BCUT2D eigenvalue weighted by Crippen LogP contribution is 2.37. The maximum atomic E-state index is 12.9. The zero-order valence-electron chi connectivity index (χ0n) is 18.1. The number of fused-ring (bicyclic) bond motifs is 1. The Labute approximate surface area is 189 Å². The second-order valence-electron chi connectivity index (χ2n) is 8.42. The number of rotatable bonds is 5. The van der Waals surface area contributed by atoms with E-state index in [1.807, 2.05) is 36.5 Å². The quantitative estimate of drug-likeness (QED) is 0.492. The van der Waals surface area contributed by atoms with Crippen LogP contribution in [0.5, 0.6) is 0 Å². The van der Waals surface area contributed by atoms with E-state index in [1.165, 1.54) is 4.88 Å². The van der Waals surface area contributed by atoms with Gasteiger partial charge >= 0.3 is 11.3 Å². The summed E-state index contributed by atoms with van der Waals surface area (Å²) in [5.41, 5.74) is 3.76. The Morgan fingerprint density at radius 2 is 2.09 bits per heavy atom.